The fourth-order valence-electron chi connectivity index (χ4n) is 4.67. The number of benzene rings is 3. The maximum absolute atomic E-state index is 13.6. The van der Waals surface area contributed by atoms with Gasteiger partial charge in [0.15, 0.2) is 6.04 Å². The van der Waals surface area contributed by atoms with Crippen LogP contribution in [0, 0.1) is 0 Å². The van der Waals surface area contributed by atoms with E-state index in [2.05, 4.69) is 0 Å². The topological polar surface area (TPSA) is 84.0 Å². The summed E-state index contributed by atoms with van der Waals surface area (Å²) in [5.41, 5.74) is 1.98. The first-order valence-electron chi connectivity index (χ1n) is 11.2. The van der Waals surface area contributed by atoms with Crippen LogP contribution >= 0.6 is 0 Å². The van der Waals surface area contributed by atoms with E-state index in [1.165, 1.54) is 12.0 Å². The van der Waals surface area contributed by atoms with Gasteiger partial charge >= 0.3 is 5.97 Å². The van der Waals surface area contributed by atoms with Gasteiger partial charge in [-0.1, -0.05) is 84.9 Å². The molecule has 5 rings (SSSR count). The summed E-state index contributed by atoms with van der Waals surface area (Å²) in [4.78, 5) is 55.2. The van der Waals surface area contributed by atoms with Gasteiger partial charge in [0.1, 0.15) is 6.04 Å². The number of likely N-dealkylation sites (tertiary alicyclic amines) is 1. The molecule has 0 bridgehead atoms. The van der Waals surface area contributed by atoms with Crippen LogP contribution in [0.15, 0.2) is 91.0 Å². The zero-order chi connectivity index (χ0) is 24.5. The number of hydrogen-bond acceptors (Lipinski definition) is 5. The molecular formula is C28H22N2O5. The fraction of sp³-hybridized carbons (Fsp3) is 0.143. The van der Waals surface area contributed by atoms with Crippen LogP contribution in [-0.2, 0) is 14.3 Å². The van der Waals surface area contributed by atoms with Crippen LogP contribution in [0.4, 0.5) is 0 Å². The van der Waals surface area contributed by atoms with E-state index in [0.29, 0.717) is 5.56 Å². The van der Waals surface area contributed by atoms with E-state index in [1.807, 2.05) is 42.5 Å². The monoisotopic (exact) mass is 466 g/mol. The lowest BCUT2D eigenvalue weighted by Crippen LogP contribution is -2.72. The van der Waals surface area contributed by atoms with Crippen LogP contribution < -0.4 is 0 Å². The van der Waals surface area contributed by atoms with E-state index in [1.54, 1.807) is 54.6 Å². The summed E-state index contributed by atoms with van der Waals surface area (Å²) >= 11 is 0. The second-order valence-corrected chi connectivity index (χ2v) is 8.31. The summed E-state index contributed by atoms with van der Waals surface area (Å²) in [6.07, 6.45) is 3.57. The summed E-state index contributed by atoms with van der Waals surface area (Å²) in [5.74, 6) is -2.14. The number of fused-ring (bicyclic) bond motifs is 1. The lowest BCUT2D eigenvalue weighted by Gasteiger charge is -2.51. The van der Waals surface area contributed by atoms with E-state index in [0.717, 1.165) is 10.5 Å². The van der Waals surface area contributed by atoms with E-state index in [-0.39, 0.29) is 11.1 Å². The van der Waals surface area contributed by atoms with Crippen molar-refractivity contribution >= 4 is 29.8 Å². The van der Waals surface area contributed by atoms with Crippen molar-refractivity contribution < 1.29 is 23.9 Å². The predicted octanol–water partition coefficient (Wildman–Crippen LogP) is 3.49. The Bertz CT molecular complexity index is 1300. The highest BCUT2D eigenvalue weighted by Gasteiger charge is 2.58. The molecule has 2 aliphatic rings. The Morgan fingerprint density at radius 3 is 1.94 bits per heavy atom. The van der Waals surface area contributed by atoms with E-state index in [4.69, 9.17) is 4.74 Å². The van der Waals surface area contributed by atoms with Crippen molar-refractivity contribution in [1.29, 1.82) is 0 Å². The minimum atomic E-state index is -1.07. The van der Waals surface area contributed by atoms with Gasteiger partial charge in [0.2, 0.25) is 5.91 Å². The van der Waals surface area contributed by atoms with Gasteiger partial charge in [-0.3, -0.25) is 19.3 Å². The van der Waals surface area contributed by atoms with Crippen molar-refractivity contribution in [3.8, 4) is 0 Å². The Hall–Kier alpha value is -4.52. The highest BCUT2D eigenvalue weighted by Crippen LogP contribution is 2.39. The third-order valence-corrected chi connectivity index (χ3v) is 6.36. The number of esters is 1. The maximum Gasteiger partial charge on any atom is 0.333 e. The lowest BCUT2D eigenvalue weighted by molar-refractivity contribution is -0.168. The largest absolute Gasteiger partial charge is 0.467 e. The minimum Gasteiger partial charge on any atom is -0.467 e. The number of imide groups is 1. The Labute approximate surface area is 202 Å². The molecule has 3 atom stereocenters. The predicted molar refractivity (Wildman–Crippen MR) is 128 cm³/mol. The van der Waals surface area contributed by atoms with Crippen LogP contribution in [0.1, 0.15) is 37.9 Å². The third-order valence-electron chi connectivity index (χ3n) is 6.36. The summed E-state index contributed by atoms with van der Waals surface area (Å²) in [7, 11) is 1.26. The second-order valence-electron chi connectivity index (χ2n) is 8.31. The van der Waals surface area contributed by atoms with E-state index >= 15 is 0 Å². The van der Waals surface area contributed by atoms with Crippen LogP contribution in [0.2, 0.25) is 0 Å². The van der Waals surface area contributed by atoms with Crippen molar-refractivity contribution in [3.05, 3.63) is 113 Å². The summed E-state index contributed by atoms with van der Waals surface area (Å²) < 4.78 is 5.03. The van der Waals surface area contributed by atoms with Crippen LogP contribution in [0.25, 0.3) is 6.08 Å². The first-order valence-corrected chi connectivity index (χ1v) is 11.2. The van der Waals surface area contributed by atoms with Crippen LogP contribution in [0.5, 0.6) is 0 Å². The molecule has 2 unspecified atom stereocenters. The zero-order valence-electron chi connectivity index (χ0n) is 18.9. The molecule has 0 saturated carbocycles. The number of rotatable bonds is 6. The van der Waals surface area contributed by atoms with Crippen molar-refractivity contribution in [3.63, 3.8) is 0 Å². The molecule has 0 aliphatic carbocycles. The number of β-lactam (4-membered cyclic amide) rings is 1. The molecule has 0 radical (unpaired) electrons. The first kappa shape index (κ1) is 22.3. The number of hydrogen-bond donors (Lipinski definition) is 0. The van der Waals surface area contributed by atoms with Crippen molar-refractivity contribution in [2.75, 3.05) is 7.11 Å². The molecule has 7 heteroatoms. The molecule has 0 aromatic heterocycles. The Balaban J connectivity index is 1.56. The van der Waals surface area contributed by atoms with Crippen molar-refractivity contribution in [2.45, 2.75) is 18.1 Å². The number of methoxy groups -OCH3 is 1. The molecular weight excluding hydrogens is 444 g/mol. The number of nitrogens with zero attached hydrogens (tertiary/aromatic N) is 2. The van der Waals surface area contributed by atoms with E-state index < -0.39 is 41.8 Å². The zero-order valence-corrected chi connectivity index (χ0v) is 18.9. The van der Waals surface area contributed by atoms with Gasteiger partial charge in [0.25, 0.3) is 11.8 Å². The fourth-order valence-corrected chi connectivity index (χ4v) is 4.67. The Morgan fingerprint density at radius 1 is 0.829 bits per heavy atom. The van der Waals surface area contributed by atoms with Crippen LogP contribution in [-0.4, -0.2) is 52.7 Å². The third kappa shape index (κ3) is 3.71. The molecule has 1 fully saturated rings. The summed E-state index contributed by atoms with van der Waals surface area (Å²) in [6, 6.07) is 22.0. The highest BCUT2D eigenvalue weighted by molar-refractivity contribution is 6.23. The molecule has 35 heavy (non-hydrogen) atoms. The normalized spacial score (nSPS) is 20.1. The van der Waals surface area contributed by atoms with Gasteiger partial charge in [-0.15, -0.1) is 0 Å². The second kappa shape index (κ2) is 9.02. The van der Waals surface area contributed by atoms with Gasteiger partial charge in [0.05, 0.1) is 24.3 Å². The summed E-state index contributed by atoms with van der Waals surface area (Å²) in [5, 5.41) is 0. The molecule has 3 aromatic rings. The molecule has 1 saturated heterocycles. The molecule has 2 aliphatic heterocycles. The number of ether oxygens (including phenoxy) is 1. The molecule has 3 aromatic carbocycles. The standard InChI is InChI=1S/C28H22N2O5/c1-35-28(34)23(19-12-6-3-7-13-19)29-22(17-16-18-10-4-2-5-11-18)24(27(29)33)30-25(31)20-14-8-9-15-21(20)26(30)32/h2-17,22-24H,1H3/t22?,23-,24?/m1/s1. The molecule has 7 nitrogen and oxygen atoms in total. The Kier molecular flexibility index (Phi) is 5.74. The van der Waals surface area contributed by atoms with Gasteiger partial charge in [0, 0.05) is 0 Å². The quantitative estimate of drug-likeness (QED) is 0.316. The average Bonchev–Trinajstić information content (AvgIpc) is 3.15. The number of amides is 3. The first-order chi connectivity index (χ1) is 17.0. The van der Waals surface area contributed by atoms with E-state index in [9.17, 15) is 19.2 Å². The van der Waals surface area contributed by atoms with Gasteiger partial charge in [-0.2, -0.15) is 0 Å². The smallest absolute Gasteiger partial charge is 0.333 e. The SMILES string of the molecule is COC(=O)[C@@H](c1ccccc1)N1C(=O)C(N2C(=O)c3ccccc3C2=O)C1C=Cc1ccccc1. The molecule has 0 N–H and O–H groups in total. The Morgan fingerprint density at radius 2 is 1.37 bits per heavy atom. The lowest BCUT2D eigenvalue weighted by atomic mass is 9.87. The van der Waals surface area contributed by atoms with Gasteiger partial charge in [-0.05, 0) is 23.3 Å². The highest BCUT2D eigenvalue weighted by atomic mass is 16.5. The van der Waals surface area contributed by atoms with Crippen molar-refractivity contribution in [2.24, 2.45) is 0 Å². The van der Waals surface area contributed by atoms with Crippen LogP contribution in [0.3, 0.4) is 0 Å². The maximum atomic E-state index is 13.6. The van der Waals surface area contributed by atoms with Gasteiger partial charge in [-0.25, -0.2) is 4.79 Å². The molecule has 3 amide bonds. The average molecular weight is 466 g/mol. The number of carbonyl (C=O) groups is 4. The van der Waals surface area contributed by atoms with Crippen molar-refractivity contribution in [1.82, 2.24) is 9.80 Å². The number of carbonyl (C=O) groups excluding carboxylic acids is 4. The minimum absolute atomic E-state index is 0.266. The molecule has 0 spiro atoms. The van der Waals surface area contributed by atoms with Gasteiger partial charge < -0.3 is 9.64 Å². The molecule has 2 heterocycles. The molecule has 174 valence electrons. The summed E-state index contributed by atoms with van der Waals surface area (Å²) in [6.45, 7) is 0.